The van der Waals surface area contributed by atoms with Gasteiger partial charge < -0.3 is 5.73 Å². The van der Waals surface area contributed by atoms with Crippen LogP contribution in [-0.4, -0.2) is 12.1 Å². The van der Waals surface area contributed by atoms with E-state index in [2.05, 4.69) is 4.84 Å². The lowest BCUT2D eigenvalue weighted by molar-refractivity contribution is -0.0234. The molecule has 0 unspecified atom stereocenters. The lowest BCUT2D eigenvalue weighted by atomic mass is 10.1. The zero-order chi connectivity index (χ0) is 6.62. The highest BCUT2D eigenvalue weighted by atomic mass is 16.6. The van der Waals surface area contributed by atoms with Crippen molar-refractivity contribution in [2.45, 2.75) is 25.9 Å². The number of rotatable bonds is 3. The Kier molecular flexibility index (Phi) is 2.97. The first-order valence-electron chi connectivity index (χ1n) is 2.70. The van der Waals surface area contributed by atoms with Gasteiger partial charge in [0, 0.05) is 0 Å². The highest BCUT2D eigenvalue weighted by molar-refractivity contribution is 4.66. The summed E-state index contributed by atoms with van der Waals surface area (Å²) < 4.78 is 0. The second kappa shape index (κ2) is 3.02. The third-order valence-corrected chi connectivity index (χ3v) is 1.07. The van der Waals surface area contributed by atoms with Crippen molar-refractivity contribution in [3.05, 3.63) is 0 Å². The molecule has 0 saturated carbocycles. The zero-order valence-electron chi connectivity index (χ0n) is 5.48. The van der Waals surface area contributed by atoms with Gasteiger partial charge in [-0.25, -0.2) is 5.90 Å². The Hall–Kier alpha value is -0.120. The Labute approximate surface area is 49.9 Å². The fraction of sp³-hybridized carbons (Fsp3) is 1.00. The van der Waals surface area contributed by atoms with Gasteiger partial charge in [0.1, 0.15) is 0 Å². The molecule has 0 aromatic rings. The Bertz CT molecular complexity index is 63.4. The lowest BCUT2D eigenvalue weighted by Gasteiger charge is -2.19. The van der Waals surface area contributed by atoms with Crippen LogP contribution in [0.5, 0.6) is 0 Å². The third kappa shape index (κ3) is 2.96. The molecule has 8 heavy (non-hydrogen) atoms. The fourth-order valence-corrected chi connectivity index (χ4v) is 0.407. The Morgan fingerprint density at radius 3 is 2.12 bits per heavy atom. The summed E-state index contributed by atoms with van der Waals surface area (Å²) in [6.45, 7) is 4.42. The average molecular weight is 118 g/mol. The third-order valence-electron chi connectivity index (χ3n) is 1.07. The molecular weight excluding hydrogens is 104 g/mol. The zero-order valence-corrected chi connectivity index (χ0v) is 5.48. The molecule has 0 atom stereocenters. The topological polar surface area (TPSA) is 61.3 Å². The van der Waals surface area contributed by atoms with E-state index < -0.39 is 0 Å². The highest BCUT2D eigenvalue weighted by Gasteiger charge is 2.14. The summed E-state index contributed by atoms with van der Waals surface area (Å²) in [5.41, 5.74) is 5.00. The molecule has 0 aromatic carbocycles. The van der Waals surface area contributed by atoms with Crippen LogP contribution in [0.15, 0.2) is 0 Å². The summed E-state index contributed by atoms with van der Waals surface area (Å²) in [6.07, 6.45) is 0.795. The van der Waals surface area contributed by atoms with E-state index in [1.54, 1.807) is 0 Å². The summed E-state index contributed by atoms with van der Waals surface area (Å²) in [5.74, 6) is 4.94. The smallest absolute Gasteiger partial charge is 0.0850 e. The van der Waals surface area contributed by atoms with Crippen LogP contribution in [-0.2, 0) is 4.84 Å². The molecule has 0 amide bonds. The van der Waals surface area contributed by atoms with Gasteiger partial charge in [0.25, 0.3) is 0 Å². The highest BCUT2D eigenvalue weighted by Crippen LogP contribution is 2.08. The molecule has 3 heteroatoms. The monoisotopic (exact) mass is 118 g/mol. The first kappa shape index (κ1) is 7.88. The van der Waals surface area contributed by atoms with Crippen molar-refractivity contribution < 1.29 is 4.84 Å². The first-order valence-corrected chi connectivity index (χ1v) is 2.70. The van der Waals surface area contributed by atoms with E-state index in [9.17, 15) is 0 Å². The summed E-state index contributed by atoms with van der Waals surface area (Å²) >= 11 is 0. The van der Waals surface area contributed by atoms with Gasteiger partial charge in [-0.15, -0.1) is 0 Å². The van der Waals surface area contributed by atoms with E-state index in [-0.39, 0.29) is 5.60 Å². The molecule has 0 bridgehead atoms. The Morgan fingerprint density at radius 1 is 1.50 bits per heavy atom. The van der Waals surface area contributed by atoms with Crippen LogP contribution in [0.3, 0.4) is 0 Å². The molecule has 50 valence electrons. The van der Waals surface area contributed by atoms with Gasteiger partial charge in [-0.3, -0.25) is 4.84 Å². The van der Waals surface area contributed by atoms with Crippen LogP contribution < -0.4 is 11.6 Å². The van der Waals surface area contributed by atoms with E-state index in [1.807, 2.05) is 13.8 Å². The number of nitrogens with two attached hydrogens (primary N) is 2. The standard InChI is InChI=1S/C5H14N2O/c1-5(2,8-7)3-4-6/h3-4,6-7H2,1-2H3. The van der Waals surface area contributed by atoms with Gasteiger partial charge in [0.05, 0.1) is 5.60 Å². The minimum absolute atomic E-state index is 0.255. The van der Waals surface area contributed by atoms with Crippen molar-refractivity contribution in [3.63, 3.8) is 0 Å². The molecular formula is C5H14N2O. The maximum absolute atomic E-state index is 5.25. The second-order valence-corrected chi connectivity index (χ2v) is 2.42. The van der Waals surface area contributed by atoms with Crippen LogP contribution in [0.1, 0.15) is 20.3 Å². The van der Waals surface area contributed by atoms with Crippen molar-refractivity contribution >= 4 is 0 Å². The molecule has 4 N–H and O–H groups in total. The molecule has 0 aromatic heterocycles. The Balaban J connectivity index is 3.37. The molecule has 0 rings (SSSR count). The van der Waals surface area contributed by atoms with Crippen LogP contribution in [0.25, 0.3) is 0 Å². The van der Waals surface area contributed by atoms with E-state index in [1.165, 1.54) is 0 Å². The van der Waals surface area contributed by atoms with Crippen molar-refractivity contribution in [1.82, 2.24) is 0 Å². The molecule has 0 heterocycles. The number of hydrogen-bond donors (Lipinski definition) is 2. The Morgan fingerprint density at radius 2 is 2.00 bits per heavy atom. The first-order chi connectivity index (χ1) is 3.62. The SMILES string of the molecule is CC(C)(CCN)ON. The molecule has 0 aliphatic rings. The van der Waals surface area contributed by atoms with Gasteiger partial charge in [0.2, 0.25) is 0 Å². The summed E-state index contributed by atoms with van der Waals surface area (Å²) in [7, 11) is 0. The van der Waals surface area contributed by atoms with E-state index in [0.717, 1.165) is 6.42 Å². The van der Waals surface area contributed by atoms with Gasteiger partial charge in [-0.05, 0) is 26.8 Å². The normalized spacial score (nSPS) is 12.0. The minimum atomic E-state index is -0.255. The van der Waals surface area contributed by atoms with Crippen LogP contribution in [0.2, 0.25) is 0 Å². The van der Waals surface area contributed by atoms with E-state index in [0.29, 0.717) is 6.54 Å². The minimum Gasteiger partial charge on any atom is -0.330 e. The van der Waals surface area contributed by atoms with E-state index in [4.69, 9.17) is 11.6 Å². The van der Waals surface area contributed by atoms with Gasteiger partial charge in [-0.2, -0.15) is 0 Å². The van der Waals surface area contributed by atoms with Gasteiger partial charge >= 0.3 is 0 Å². The average Bonchev–Trinajstić information content (AvgIpc) is 1.67. The van der Waals surface area contributed by atoms with Crippen molar-refractivity contribution in [2.75, 3.05) is 6.54 Å². The van der Waals surface area contributed by atoms with Crippen LogP contribution in [0.4, 0.5) is 0 Å². The number of hydrogen-bond acceptors (Lipinski definition) is 3. The lowest BCUT2D eigenvalue weighted by Crippen LogP contribution is -2.30. The molecule has 0 aliphatic carbocycles. The predicted molar refractivity (Wildman–Crippen MR) is 33.0 cm³/mol. The van der Waals surface area contributed by atoms with Gasteiger partial charge in [-0.1, -0.05) is 0 Å². The largest absolute Gasteiger partial charge is 0.330 e. The molecule has 0 aliphatic heterocycles. The van der Waals surface area contributed by atoms with Crippen molar-refractivity contribution in [1.29, 1.82) is 0 Å². The molecule has 0 spiro atoms. The molecule has 0 saturated heterocycles. The van der Waals surface area contributed by atoms with Crippen LogP contribution >= 0.6 is 0 Å². The quantitative estimate of drug-likeness (QED) is 0.513. The van der Waals surface area contributed by atoms with E-state index >= 15 is 0 Å². The summed E-state index contributed by atoms with van der Waals surface area (Å²) in [4.78, 5) is 4.60. The maximum atomic E-state index is 5.25. The van der Waals surface area contributed by atoms with Crippen molar-refractivity contribution in [2.24, 2.45) is 11.6 Å². The molecule has 0 fully saturated rings. The fourth-order valence-electron chi connectivity index (χ4n) is 0.407. The molecule has 3 nitrogen and oxygen atoms in total. The van der Waals surface area contributed by atoms with Crippen LogP contribution in [0, 0.1) is 0 Å². The van der Waals surface area contributed by atoms with Gasteiger partial charge in [0.15, 0.2) is 0 Å². The molecule has 0 radical (unpaired) electrons. The van der Waals surface area contributed by atoms with Crippen molar-refractivity contribution in [3.8, 4) is 0 Å². The summed E-state index contributed by atoms with van der Waals surface area (Å²) in [5, 5.41) is 0. The summed E-state index contributed by atoms with van der Waals surface area (Å²) in [6, 6.07) is 0. The maximum Gasteiger partial charge on any atom is 0.0850 e. The predicted octanol–water partition coefficient (Wildman–Crippen LogP) is 0.00410. The second-order valence-electron chi connectivity index (χ2n) is 2.42.